The van der Waals surface area contributed by atoms with Crippen LogP contribution in [0.25, 0.3) is 31.3 Å². The zero-order chi connectivity index (χ0) is 41.2. The van der Waals surface area contributed by atoms with Crippen molar-refractivity contribution in [3.63, 3.8) is 0 Å². The quantitative estimate of drug-likeness (QED) is 0.165. The molecular formula is C55H53BN2S. The average Bonchev–Trinajstić information content (AvgIpc) is 3.58. The van der Waals surface area contributed by atoms with E-state index in [2.05, 4.69) is 219 Å². The van der Waals surface area contributed by atoms with Crippen LogP contribution in [-0.4, -0.2) is 6.71 Å². The zero-order valence-corrected chi connectivity index (χ0v) is 37.0. The fraction of sp³-hybridized carbons (Fsp3) is 0.236. The summed E-state index contributed by atoms with van der Waals surface area (Å²) >= 11 is 1.88. The van der Waals surface area contributed by atoms with E-state index in [4.69, 9.17) is 0 Å². The number of aryl methyl sites for hydroxylation is 1. The molecule has 8 aromatic rings. The normalized spacial score (nSPS) is 13.8. The molecule has 1 aromatic heterocycles. The number of benzene rings is 7. The van der Waals surface area contributed by atoms with Crippen LogP contribution >= 0.6 is 11.3 Å². The van der Waals surface area contributed by atoms with Gasteiger partial charge in [-0.05, 0) is 134 Å². The second kappa shape index (κ2) is 13.2. The maximum Gasteiger partial charge on any atom is 0.252 e. The molecule has 0 aliphatic carbocycles. The smallest absolute Gasteiger partial charge is 0.252 e. The first-order valence-electron chi connectivity index (χ1n) is 21.2. The van der Waals surface area contributed by atoms with Crippen molar-refractivity contribution in [2.45, 2.75) is 85.5 Å². The molecule has 2 aliphatic heterocycles. The van der Waals surface area contributed by atoms with Crippen LogP contribution in [0.1, 0.15) is 84.6 Å². The molecule has 0 amide bonds. The molecule has 4 heteroatoms. The molecule has 0 unspecified atom stereocenters. The van der Waals surface area contributed by atoms with E-state index in [0.29, 0.717) is 0 Å². The first-order chi connectivity index (χ1) is 28.1. The Labute approximate surface area is 355 Å². The summed E-state index contributed by atoms with van der Waals surface area (Å²) in [6.45, 7) is 23.2. The van der Waals surface area contributed by atoms with E-state index >= 15 is 0 Å². The first kappa shape index (κ1) is 37.7. The first-order valence-corrected chi connectivity index (χ1v) is 22.0. The minimum Gasteiger partial charge on any atom is -0.311 e. The van der Waals surface area contributed by atoms with Gasteiger partial charge in [0.05, 0.1) is 0 Å². The van der Waals surface area contributed by atoms with Crippen LogP contribution in [0, 0.1) is 6.92 Å². The highest BCUT2D eigenvalue weighted by atomic mass is 32.1. The van der Waals surface area contributed by atoms with Crippen molar-refractivity contribution < 1.29 is 0 Å². The van der Waals surface area contributed by atoms with Crippen LogP contribution in [0.4, 0.5) is 34.1 Å². The predicted molar refractivity (Wildman–Crippen MR) is 260 cm³/mol. The highest BCUT2D eigenvalue weighted by Crippen LogP contribution is 2.47. The lowest BCUT2D eigenvalue weighted by Crippen LogP contribution is -2.61. The van der Waals surface area contributed by atoms with Crippen LogP contribution in [-0.2, 0) is 16.2 Å². The van der Waals surface area contributed by atoms with Gasteiger partial charge < -0.3 is 9.80 Å². The van der Waals surface area contributed by atoms with Crippen LogP contribution in [0.5, 0.6) is 0 Å². The molecule has 59 heavy (non-hydrogen) atoms. The molecule has 0 saturated carbocycles. The number of thiophene rings is 1. The number of nitrogens with zero attached hydrogens (tertiary/aromatic N) is 2. The second-order valence-electron chi connectivity index (χ2n) is 20.0. The summed E-state index contributed by atoms with van der Waals surface area (Å²) in [6.07, 6.45) is 0. The van der Waals surface area contributed by atoms with Crippen molar-refractivity contribution in [3.8, 4) is 11.1 Å². The Bertz CT molecular complexity index is 2950. The third-order valence-corrected chi connectivity index (χ3v) is 13.9. The Kier molecular flexibility index (Phi) is 8.44. The lowest BCUT2D eigenvalue weighted by atomic mass is 9.33. The molecule has 0 saturated heterocycles. The molecule has 0 atom stereocenters. The number of fused-ring (bicyclic) bond motifs is 7. The third kappa shape index (κ3) is 6.13. The summed E-state index contributed by atoms with van der Waals surface area (Å²) in [7, 11) is 0. The summed E-state index contributed by atoms with van der Waals surface area (Å²) in [5, 5.41) is 2.68. The molecule has 10 rings (SSSR count). The summed E-state index contributed by atoms with van der Waals surface area (Å²) in [4.78, 5) is 5.11. The Hall–Kier alpha value is -5.58. The van der Waals surface area contributed by atoms with E-state index in [1.54, 1.807) is 0 Å². The minimum absolute atomic E-state index is 0.000830. The van der Waals surface area contributed by atoms with Crippen LogP contribution < -0.4 is 26.2 Å². The van der Waals surface area contributed by atoms with Gasteiger partial charge in [0.15, 0.2) is 0 Å². The Morgan fingerprint density at radius 2 is 1.02 bits per heavy atom. The van der Waals surface area contributed by atoms with E-state index in [9.17, 15) is 0 Å². The number of hydrogen-bond acceptors (Lipinski definition) is 3. The predicted octanol–water partition coefficient (Wildman–Crippen LogP) is 14.0. The molecule has 0 spiro atoms. The topological polar surface area (TPSA) is 6.48 Å². The van der Waals surface area contributed by atoms with Gasteiger partial charge in [0.1, 0.15) is 0 Å². The largest absolute Gasteiger partial charge is 0.311 e. The van der Waals surface area contributed by atoms with E-state index < -0.39 is 0 Å². The maximum atomic E-state index is 2.56. The minimum atomic E-state index is -0.000830. The monoisotopic (exact) mass is 784 g/mol. The fourth-order valence-corrected chi connectivity index (χ4v) is 10.7. The van der Waals surface area contributed by atoms with E-state index in [1.165, 1.54) is 104 Å². The molecule has 2 nitrogen and oxygen atoms in total. The lowest BCUT2D eigenvalue weighted by Gasteiger charge is -2.45. The van der Waals surface area contributed by atoms with Gasteiger partial charge in [0.25, 0.3) is 6.71 Å². The molecule has 0 fully saturated rings. The van der Waals surface area contributed by atoms with Crippen molar-refractivity contribution >= 4 is 88.7 Å². The molecule has 292 valence electrons. The van der Waals surface area contributed by atoms with E-state index in [0.717, 1.165) is 0 Å². The van der Waals surface area contributed by atoms with E-state index in [-0.39, 0.29) is 23.0 Å². The van der Waals surface area contributed by atoms with Gasteiger partial charge in [-0.3, -0.25) is 0 Å². The fourth-order valence-electron chi connectivity index (χ4n) is 9.54. The van der Waals surface area contributed by atoms with Gasteiger partial charge in [0.2, 0.25) is 0 Å². The summed E-state index contributed by atoms with van der Waals surface area (Å²) < 4.78 is 2.66. The highest BCUT2D eigenvalue weighted by molar-refractivity contribution is 7.26. The number of hydrogen-bond donors (Lipinski definition) is 0. The molecular weight excluding hydrogens is 731 g/mol. The summed E-state index contributed by atoms with van der Waals surface area (Å²) in [6, 6.07) is 53.7. The van der Waals surface area contributed by atoms with Crippen molar-refractivity contribution in [2.24, 2.45) is 0 Å². The Morgan fingerprint density at radius 3 is 1.68 bits per heavy atom. The van der Waals surface area contributed by atoms with Crippen LogP contribution in [0.2, 0.25) is 0 Å². The SMILES string of the molecule is Cc1cc2c3c(c1)N(c1ccc(C(C)(C)C)cc1)c1cc(C(C)(C)C)ccc1B3c1cc(C(C)(C)C)ccc1N2c1ccc(-c2cccc3sc4ccccc4c23)cc1. The van der Waals surface area contributed by atoms with Gasteiger partial charge in [-0.25, -0.2) is 0 Å². The molecule has 3 heterocycles. The van der Waals surface area contributed by atoms with Crippen molar-refractivity contribution in [1.29, 1.82) is 0 Å². The lowest BCUT2D eigenvalue weighted by molar-refractivity contribution is 0.590. The molecule has 0 N–H and O–H groups in total. The second-order valence-corrected chi connectivity index (χ2v) is 21.1. The average molecular weight is 785 g/mol. The standard InChI is InChI=1S/C55H53BN2S/c1-34-30-47-52-48(31-34)58(40-26-20-36(21-27-40)53(2,3)4)46-33-38(55(8,9)10)22-28-43(46)56(52)44-32-37(54(5,6)7)23-29-45(44)57(47)39-24-18-35(19-25-39)41-15-13-17-50-51(41)42-14-11-12-16-49(42)59-50/h11-33H,1-10H3. The number of rotatable bonds is 3. The van der Waals surface area contributed by atoms with Gasteiger partial charge in [-0.1, -0.05) is 141 Å². The molecule has 7 aromatic carbocycles. The molecule has 0 radical (unpaired) electrons. The Morgan fingerprint density at radius 1 is 0.458 bits per heavy atom. The summed E-state index contributed by atoms with van der Waals surface area (Å²) in [5.74, 6) is 0. The van der Waals surface area contributed by atoms with Gasteiger partial charge in [-0.15, -0.1) is 11.3 Å². The van der Waals surface area contributed by atoms with Gasteiger partial charge in [0, 0.05) is 54.3 Å². The van der Waals surface area contributed by atoms with Crippen LogP contribution in [0.15, 0.2) is 140 Å². The molecule has 0 bridgehead atoms. The van der Waals surface area contributed by atoms with Gasteiger partial charge in [-0.2, -0.15) is 0 Å². The van der Waals surface area contributed by atoms with Crippen molar-refractivity contribution in [3.05, 3.63) is 162 Å². The summed E-state index contributed by atoms with van der Waals surface area (Å²) in [5.41, 5.74) is 19.4. The molecule has 2 aliphatic rings. The van der Waals surface area contributed by atoms with Crippen LogP contribution in [0.3, 0.4) is 0 Å². The highest BCUT2D eigenvalue weighted by Gasteiger charge is 2.44. The van der Waals surface area contributed by atoms with Crippen molar-refractivity contribution in [1.82, 2.24) is 0 Å². The number of anilines is 6. The van der Waals surface area contributed by atoms with Gasteiger partial charge >= 0.3 is 0 Å². The maximum absolute atomic E-state index is 2.56. The third-order valence-electron chi connectivity index (χ3n) is 12.8. The van der Waals surface area contributed by atoms with E-state index in [1.807, 2.05) is 11.3 Å². The Balaban J connectivity index is 1.21. The van der Waals surface area contributed by atoms with Crippen molar-refractivity contribution in [2.75, 3.05) is 9.80 Å². The zero-order valence-electron chi connectivity index (χ0n) is 36.2.